The number of ether oxygens (including phenoxy) is 1. The standard InChI is InChI=1S/C23H27FN4O3/c1-31-21-11-6-14(12-17(21)24)13-20(22-26-18-4-2-3-5-19(18)27-22)28-23(30)25-15-7-9-16(29)10-8-15/h2-6,11-12,15-16,20,29H,7-10,13H2,1H3,(H,26,27)(H2,25,28,30)/t15?,16?,20-/m1/s1. The van der Waals surface area contributed by atoms with Gasteiger partial charge in [0.2, 0.25) is 0 Å². The summed E-state index contributed by atoms with van der Waals surface area (Å²) in [6.07, 6.45) is 2.93. The van der Waals surface area contributed by atoms with Gasteiger partial charge in [-0.25, -0.2) is 14.2 Å². The van der Waals surface area contributed by atoms with Gasteiger partial charge < -0.3 is 25.5 Å². The first-order valence-electron chi connectivity index (χ1n) is 10.5. The minimum Gasteiger partial charge on any atom is -0.494 e. The number of methoxy groups -OCH3 is 1. The minimum atomic E-state index is -0.477. The summed E-state index contributed by atoms with van der Waals surface area (Å²) >= 11 is 0. The van der Waals surface area contributed by atoms with Gasteiger partial charge in [0.1, 0.15) is 5.82 Å². The number of H-pyrrole nitrogens is 1. The number of aromatic nitrogens is 2. The number of urea groups is 1. The Labute approximate surface area is 180 Å². The van der Waals surface area contributed by atoms with E-state index < -0.39 is 11.9 Å². The van der Waals surface area contributed by atoms with Gasteiger partial charge in [0.05, 0.1) is 30.3 Å². The highest BCUT2D eigenvalue weighted by Gasteiger charge is 2.24. The molecule has 8 heteroatoms. The van der Waals surface area contributed by atoms with Crippen molar-refractivity contribution >= 4 is 17.1 Å². The molecule has 1 aromatic heterocycles. The predicted molar refractivity (Wildman–Crippen MR) is 115 cm³/mol. The Morgan fingerprint density at radius 1 is 1.26 bits per heavy atom. The minimum absolute atomic E-state index is 0.0261. The van der Waals surface area contributed by atoms with Crippen LogP contribution in [0.25, 0.3) is 11.0 Å². The van der Waals surface area contributed by atoms with Gasteiger partial charge in [-0.05, 0) is 55.5 Å². The summed E-state index contributed by atoms with van der Waals surface area (Å²) < 4.78 is 19.2. The number of nitrogens with zero attached hydrogens (tertiary/aromatic N) is 1. The molecule has 4 rings (SSSR count). The van der Waals surface area contributed by atoms with Crippen LogP contribution in [-0.4, -0.2) is 40.4 Å². The highest BCUT2D eigenvalue weighted by Crippen LogP contribution is 2.24. The van der Waals surface area contributed by atoms with E-state index in [9.17, 15) is 14.3 Å². The zero-order valence-corrected chi connectivity index (χ0v) is 17.4. The number of imidazole rings is 1. The fourth-order valence-electron chi connectivity index (χ4n) is 4.03. The van der Waals surface area contributed by atoms with Gasteiger partial charge >= 0.3 is 6.03 Å². The SMILES string of the molecule is COc1ccc(C[C@@H](NC(=O)NC2CCC(O)CC2)c2nc3ccccc3[nH]2)cc1F. The molecule has 2 amide bonds. The maximum atomic E-state index is 14.2. The van der Waals surface area contributed by atoms with Crippen molar-refractivity contribution in [2.45, 2.75) is 50.3 Å². The third kappa shape index (κ3) is 5.14. The van der Waals surface area contributed by atoms with Crippen LogP contribution in [0.1, 0.15) is 43.1 Å². The van der Waals surface area contributed by atoms with Gasteiger partial charge in [-0.1, -0.05) is 18.2 Å². The fourth-order valence-corrected chi connectivity index (χ4v) is 4.03. The summed E-state index contributed by atoms with van der Waals surface area (Å²) in [6.45, 7) is 0. The van der Waals surface area contributed by atoms with Gasteiger partial charge in [0.25, 0.3) is 0 Å². The van der Waals surface area contributed by atoms with Crippen molar-refractivity contribution in [3.05, 3.63) is 59.7 Å². The molecule has 0 aliphatic heterocycles. The first-order chi connectivity index (χ1) is 15.0. The number of carbonyl (C=O) groups is 1. The van der Waals surface area contributed by atoms with Crippen molar-refractivity contribution in [1.29, 1.82) is 0 Å². The van der Waals surface area contributed by atoms with Crippen LogP contribution in [0.2, 0.25) is 0 Å². The zero-order chi connectivity index (χ0) is 21.8. The van der Waals surface area contributed by atoms with Crippen LogP contribution < -0.4 is 15.4 Å². The molecule has 0 unspecified atom stereocenters. The van der Waals surface area contributed by atoms with Crippen molar-refractivity contribution in [3.8, 4) is 5.75 Å². The Hall–Kier alpha value is -3.13. The molecule has 2 aromatic carbocycles. The summed E-state index contributed by atoms with van der Waals surface area (Å²) in [5.41, 5.74) is 2.38. The first-order valence-corrected chi connectivity index (χ1v) is 10.5. The van der Waals surface area contributed by atoms with Gasteiger partial charge in [0, 0.05) is 12.5 Å². The molecule has 1 aliphatic carbocycles. The summed E-state index contributed by atoms with van der Waals surface area (Å²) in [7, 11) is 1.42. The second-order valence-corrected chi connectivity index (χ2v) is 7.99. The quantitative estimate of drug-likeness (QED) is 0.484. The molecule has 1 aliphatic rings. The van der Waals surface area contributed by atoms with Crippen LogP contribution in [0, 0.1) is 5.82 Å². The van der Waals surface area contributed by atoms with Crippen LogP contribution in [0.4, 0.5) is 9.18 Å². The smallest absolute Gasteiger partial charge is 0.315 e. The second kappa shape index (κ2) is 9.34. The lowest BCUT2D eigenvalue weighted by Crippen LogP contribution is -2.45. The van der Waals surface area contributed by atoms with Crippen LogP contribution in [0.5, 0.6) is 5.75 Å². The van der Waals surface area contributed by atoms with Crippen LogP contribution in [0.3, 0.4) is 0 Å². The van der Waals surface area contributed by atoms with Crippen LogP contribution in [0.15, 0.2) is 42.5 Å². The first kappa shape index (κ1) is 21.1. The molecule has 1 atom stereocenters. The van der Waals surface area contributed by atoms with E-state index in [1.165, 1.54) is 13.2 Å². The molecule has 4 N–H and O–H groups in total. The lowest BCUT2D eigenvalue weighted by Gasteiger charge is -2.27. The average molecular weight is 426 g/mol. The maximum absolute atomic E-state index is 14.2. The summed E-state index contributed by atoms with van der Waals surface area (Å²) in [6, 6.07) is 11.6. The molecule has 0 bridgehead atoms. The van der Waals surface area contributed by atoms with Crippen molar-refractivity contribution in [2.24, 2.45) is 0 Å². The third-order valence-corrected chi connectivity index (χ3v) is 5.73. The molecule has 31 heavy (non-hydrogen) atoms. The fraction of sp³-hybridized carbons (Fsp3) is 0.391. The van der Waals surface area contributed by atoms with Crippen molar-refractivity contribution < 1.29 is 19.0 Å². The van der Waals surface area contributed by atoms with E-state index in [4.69, 9.17) is 4.74 Å². The maximum Gasteiger partial charge on any atom is 0.315 e. The molecular formula is C23H27FN4O3. The number of rotatable bonds is 6. The van der Waals surface area contributed by atoms with Crippen molar-refractivity contribution in [2.75, 3.05) is 7.11 Å². The molecule has 0 radical (unpaired) electrons. The number of aliphatic hydroxyl groups excluding tert-OH is 1. The van der Waals surface area contributed by atoms with Crippen LogP contribution in [-0.2, 0) is 6.42 Å². The topological polar surface area (TPSA) is 99.3 Å². The molecule has 7 nitrogen and oxygen atoms in total. The zero-order valence-electron chi connectivity index (χ0n) is 17.4. The number of halogens is 1. The monoisotopic (exact) mass is 426 g/mol. The van der Waals surface area contributed by atoms with Gasteiger partial charge in [-0.3, -0.25) is 0 Å². The van der Waals surface area contributed by atoms with Gasteiger partial charge in [-0.2, -0.15) is 0 Å². The number of benzene rings is 2. The van der Waals surface area contributed by atoms with Gasteiger partial charge in [-0.15, -0.1) is 0 Å². The number of aromatic amines is 1. The number of para-hydroxylation sites is 2. The molecule has 3 aromatic rings. The Bertz CT molecular complexity index is 1010. The Morgan fingerprint density at radius 2 is 2.03 bits per heavy atom. The number of hydrogen-bond acceptors (Lipinski definition) is 4. The number of carbonyl (C=O) groups excluding carboxylic acids is 1. The van der Waals surface area contributed by atoms with E-state index in [1.807, 2.05) is 24.3 Å². The van der Waals surface area contributed by atoms with E-state index in [2.05, 4.69) is 20.6 Å². The van der Waals surface area contributed by atoms with E-state index in [1.54, 1.807) is 12.1 Å². The number of fused-ring (bicyclic) bond motifs is 1. The largest absolute Gasteiger partial charge is 0.494 e. The number of aliphatic hydroxyl groups is 1. The van der Waals surface area contributed by atoms with E-state index in [-0.39, 0.29) is 23.9 Å². The molecule has 0 spiro atoms. The van der Waals surface area contributed by atoms with Crippen molar-refractivity contribution in [1.82, 2.24) is 20.6 Å². The number of nitrogens with one attached hydrogen (secondary N) is 3. The lowest BCUT2D eigenvalue weighted by atomic mass is 9.93. The molecular weight excluding hydrogens is 399 g/mol. The third-order valence-electron chi connectivity index (χ3n) is 5.73. The summed E-state index contributed by atoms with van der Waals surface area (Å²) in [5, 5.41) is 15.6. The Balaban J connectivity index is 1.53. The van der Waals surface area contributed by atoms with E-state index in [0.717, 1.165) is 23.9 Å². The molecule has 164 valence electrons. The normalized spacial score (nSPS) is 19.7. The molecule has 0 saturated heterocycles. The van der Waals surface area contributed by atoms with Crippen LogP contribution >= 0.6 is 0 Å². The highest BCUT2D eigenvalue weighted by molar-refractivity contribution is 5.76. The highest BCUT2D eigenvalue weighted by atomic mass is 19.1. The lowest BCUT2D eigenvalue weighted by molar-refractivity contribution is 0.117. The molecule has 1 heterocycles. The average Bonchev–Trinajstić information content (AvgIpc) is 3.19. The van der Waals surface area contributed by atoms with E-state index in [0.29, 0.717) is 30.7 Å². The summed E-state index contributed by atoms with van der Waals surface area (Å²) in [5.74, 6) is 0.328. The number of hydrogen-bond donors (Lipinski definition) is 4. The predicted octanol–water partition coefficient (Wildman–Crippen LogP) is 3.60. The summed E-state index contributed by atoms with van der Waals surface area (Å²) in [4.78, 5) is 20.6. The molecule has 1 fully saturated rings. The van der Waals surface area contributed by atoms with Crippen molar-refractivity contribution in [3.63, 3.8) is 0 Å². The second-order valence-electron chi connectivity index (χ2n) is 7.99. The number of amides is 2. The molecule has 1 saturated carbocycles. The van der Waals surface area contributed by atoms with Gasteiger partial charge in [0.15, 0.2) is 11.6 Å². The van der Waals surface area contributed by atoms with E-state index >= 15 is 0 Å². The Morgan fingerprint density at radius 3 is 2.74 bits per heavy atom. The Kier molecular flexibility index (Phi) is 6.36.